The van der Waals surface area contributed by atoms with Crippen molar-refractivity contribution in [3.05, 3.63) is 30.3 Å². The number of sulfone groups is 1. The zero-order valence-corrected chi connectivity index (χ0v) is 18.0. The van der Waals surface area contributed by atoms with Crippen molar-refractivity contribution < 1.29 is 8.42 Å². The number of benzene rings is 1. The summed E-state index contributed by atoms with van der Waals surface area (Å²) in [7, 11) is -1.08. The average Bonchev–Trinajstić information content (AvgIpc) is 2.87. The number of thioether (sulfide) groups is 1. The van der Waals surface area contributed by atoms with E-state index in [2.05, 4.69) is 34.7 Å². The lowest BCUT2D eigenvalue weighted by atomic mass is 10.1. The van der Waals surface area contributed by atoms with Crippen LogP contribution in [0.25, 0.3) is 0 Å². The molecule has 24 heavy (non-hydrogen) atoms. The molecule has 5 nitrogen and oxygen atoms in total. The second-order valence-corrected chi connectivity index (χ2v) is 9.59. The van der Waals surface area contributed by atoms with Crippen LogP contribution in [0.4, 0.5) is 0 Å². The fraction of sp³-hybridized carbons (Fsp3) is 0.562. The molecule has 1 saturated heterocycles. The molecule has 0 bridgehead atoms. The number of aliphatic imine (C=N–C) groups is 1. The average molecular weight is 483 g/mol. The maximum Gasteiger partial charge on any atom is 0.191 e. The van der Waals surface area contributed by atoms with Crippen molar-refractivity contribution in [1.82, 2.24) is 10.6 Å². The van der Waals surface area contributed by atoms with Crippen LogP contribution in [0.2, 0.25) is 0 Å². The van der Waals surface area contributed by atoms with E-state index in [1.165, 1.54) is 4.90 Å². The minimum Gasteiger partial charge on any atom is -0.356 e. The third-order valence-electron chi connectivity index (χ3n) is 3.75. The van der Waals surface area contributed by atoms with Crippen molar-refractivity contribution >= 4 is 51.5 Å². The number of guanidine groups is 1. The first-order valence-electron chi connectivity index (χ1n) is 7.85. The van der Waals surface area contributed by atoms with Crippen LogP contribution in [0.5, 0.6) is 0 Å². The van der Waals surface area contributed by atoms with Gasteiger partial charge in [-0.2, -0.15) is 0 Å². The SMILES string of the molecule is CN=C(NCC1CCS(=O)(=O)C1)NCC(C)Sc1ccccc1.I. The summed E-state index contributed by atoms with van der Waals surface area (Å²) in [6.45, 7) is 3.61. The summed E-state index contributed by atoms with van der Waals surface area (Å²) in [6, 6.07) is 10.3. The quantitative estimate of drug-likeness (QED) is 0.282. The highest BCUT2D eigenvalue weighted by molar-refractivity contribution is 14.0. The largest absolute Gasteiger partial charge is 0.356 e. The first-order chi connectivity index (χ1) is 11.0. The summed E-state index contributed by atoms with van der Waals surface area (Å²) >= 11 is 1.81. The molecular formula is C16H26IN3O2S2. The lowest BCUT2D eigenvalue weighted by Crippen LogP contribution is -2.42. The number of hydrogen-bond donors (Lipinski definition) is 2. The van der Waals surface area contributed by atoms with Gasteiger partial charge < -0.3 is 10.6 Å². The Labute approximate surface area is 166 Å². The molecule has 2 atom stereocenters. The van der Waals surface area contributed by atoms with E-state index in [-0.39, 0.29) is 35.6 Å². The topological polar surface area (TPSA) is 70.6 Å². The number of nitrogens with one attached hydrogen (secondary N) is 2. The minimum atomic E-state index is -2.81. The lowest BCUT2D eigenvalue weighted by Gasteiger charge is -2.17. The van der Waals surface area contributed by atoms with Gasteiger partial charge in [0.05, 0.1) is 11.5 Å². The van der Waals surface area contributed by atoms with Crippen molar-refractivity contribution in [2.75, 3.05) is 31.6 Å². The molecule has 136 valence electrons. The molecule has 2 N–H and O–H groups in total. The zero-order chi connectivity index (χ0) is 16.7. The Bertz CT molecular complexity index is 623. The van der Waals surface area contributed by atoms with E-state index in [1.807, 2.05) is 30.0 Å². The van der Waals surface area contributed by atoms with Crippen LogP contribution < -0.4 is 10.6 Å². The van der Waals surface area contributed by atoms with Gasteiger partial charge in [-0.15, -0.1) is 35.7 Å². The molecule has 1 aliphatic rings. The fourth-order valence-electron chi connectivity index (χ4n) is 2.51. The molecular weight excluding hydrogens is 457 g/mol. The molecule has 0 aliphatic carbocycles. The Hall–Kier alpha value is -0.480. The zero-order valence-electron chi connectivity index (χ0n) is 14.1. The van der Waals surface area contributed by atoms with E-state index in [1.54, 1.807) is 7.05 Å². The van der Waals surface area contributed by atoms with Crippen LogP contribution in [-0.4, -0.2) is 51.3 Å². The predicted molar refractivity (Wildman–Crippen MR) is 113 cm³/mol. The second kappa shape index (κ2) is 10.5. The molecule has 1 aromatic rings. The second-order valence-electron chi connectivity index (χ2n) is 5.84. The van der Waals surface area contributed by atoms with Crippen LogP contribution in [0.3, 0.4) is 0 Å². The fourth-order valence-corrected chi connectivity index (χ4v) is 5.32. The molecule has 1 heterocycles. The van der Waals surface area contributed by atoms with Crippen LogP contribution in [-0.2, 0) is 9.84 Å². The first kappa shape index (κ1) is 21.6. The van der Waals surface area contributed by atoms with Crippen LogP contribution in [0.1, 0.15) is 13.3 Å². The van der Waals surface area contributed by atoms with Gasteiger partial charge in [0.25, 0.3) is 0 Å². The van der Waals surface area contributed by atoms with Crippen LogP contribution in [0.15, 0.2) is 40.2 Å². The van der Waals surface area contributed by atoms with Gasteiger partial charge in [-0.1, -0.05) is 25.1 Å². The van der Waals surface area contributed by atoms with Gasteiger partial charge in [-0.3, -0.25) is 4.99 Å². The minimum absolute atomic E-state index is 0. The molecule has 1 aromatic carbocycles. The smallest absolute Gasteiger partial charge is 0.191 e. The van der Waals surface area contributed by atoms with E-state index in [4.69, 9.17) is 0 Å². The maximum absolute atomic E-state index is 11.5. The lowest BCUT2D eigenvalue weighted by molar-refractivity contribution is 0.567. The molecule has 1 fully saturated rings. The summed E-state index contributed by atoms with van der Waals surface area (Å²) in [5.74, 6) is 1.53. The van der Waals surface area contributed by atoms with Gasteiger partial charge in [0.15, 0.2) is 15.8 Å². The number of halogens is 1. The van der Waals surface area contributed by atoms with Crippen LogP contribution >= 0.6 is 35.7 Å². The molecule has 0 amide bonds. The van der Waals surface area contributed by atoms with E-state index < -0.39 is 9.84 Å². The van der Waals surface area contributed by atoms with Crippen molar-refractivity contribution in [1.29, 1.82) is 0 Å². The van der Waals surface area contributed by atoms with Crippen molar-refractivity contribution in [3.63, 3.8) is 0 Å². The molecule has 0 saturated carbocycles. The predicted octanol–water partition coefficient (Wildman–Crippen LogP) is 2.38. The Morgan fingerprint density at radius 1 is 1.33 bits per heavy atom. The Kier molecular flexibility index (Phi) is 9.43. The molecule has 0 spiro atoms. The number of hydrogen-bond acceptors (Lipinski definition) is 4. The van der Waals surface area contributed by atoms with Gasteiger partial charge in [0.1, 0.15) is 0 Å². The summed E-state index contributed by atoms with van der Waals surface area (Å²) in [5.41, 5.74) is 0. The van der Waals surface area contributed by atoms with Gasteiger partial charge in [-0.25, -0.2) is 8.42 Å². The maximum atomic E-state index is 11.5. The van der Waals surface area contributed by atoms with Crippen LogP contribution in [0, 0.1) is 5.92 Å². The summed E-state index contributed by atoms with van der Waals surface area (Å²) in [6.07, 6.45) is 0.743. The van der Waals surface area contributed by atoms with E-state index in [9.17, 15) is 8.42 Å². The van der Waals surface area contributed by atoms with Crippen molar-refractivity contribution in [2.45, 2.75) is 23.5 Å². The van der Waals surface area contributed by atoms with Crippen molar-refractivity contribution in [3.8, 4) is 0 Å². The highest BCUT2D eigenvalue weighted by Crippen LogP contribution is 2.22. The Morgan fingerprint density at radius 3 is 2.62 bits per heavy atom. The highest BCUT2D eigenvalue weighted by atomic mass is 127. The Balaban J connectivity index is 0.00000288. The molecule has 8 heteroatoms. The monoisotopic (exact) mass is 483 g/mol. The Morgan fingerprint density at radius 2 is 2.04 bits per heavy atom. The molecule has 2 rings (SSSR count). The molecule has 0 radical (unpaired) electrons. The first-order valence-corrected chi connectivity index (χ1v) is 10.6. The third kappa shape index (κ3) is 7.60. The van der Waals surface area contributed by atoms with E-state index in [0.717, 1.165) is 18.9 Å². The summed E-state index contributed by atoms with van der Waals surface area (Å²) in [5, 5.41) is 6.94. The number of rotatable bonds is 6. The highest BCUT2D eigenvalue weighted by Gasteiger charge is 2.27. The normalized spacial score (nSPS) is 20.9. The standard InChI is InChI=1S/C16H25N3O2S2.HI/c1-13(22-15-6-4-3-5-7-15)10-18-16(17-2)19-11-14-8-9-23(20,21)12-14;/h3-7,13-14H,8-12H2,1-2H3,(H2,17,18,19);1H. The summed E-state index contributed by atoms with van der Waals surface area (Å²) < 4.78 is 22.9. The summed E-state index contributed by atoms with van der Waals surface area (Å²) in [4.78, 5) is 5.45. The number of nitrogens with zero attached hydrogens (tertiary/aromatic N) is 1. The van der Waals surface area contributed by atoms with Gasteiger partial charge in [0, 0.05) is 30.3 Å². The molecule has 2 unspecified atom stereocenters. The van der Waals surface area contributed by atoms with E-state index >= 15 is 0 Å². The third-order valence-corrected chi connectivity index (χ3v) is 6.70. The van der Waals surface area contributed by atoms with E-state index in [0.29, 0.717) is 17.5 Å². The van der Waals surface area contributed by atoms with Gasteiger partial charge >= 0.3 is 0 Å². The van der Waals surface area contributed by atoms with Gasteiger partial charge in [-0.05, 0) is 24.5 Å². The molecule has 0 aromatic heterocycles. The van der Waals surface area contributed by atoms with Gasteiger partial charge in [0.2, 0.25) is 0 Å². The molecule has 1 aliphatic heterocycles. The van der Waals surface area contributed by atoms with Crippen molar-refractivity contribution in [2.24, 2.45) is 10.9 Å².